The monoisotopic (exact) mass is 404 g/mol. The normalized spacial score (nSPS) is 19.8. The van der Waals surface area contributed by atoms with E-state index in [1.54, 1.807) is 30.3 Å². The third-order valence-electron chi connectivity index (χ3n) is 4.57. The lowest BCUT2D eigenvalue weighted by Crippen LogP contribution is -2.47. The highest BCUT2D eigenvalue weighted by atomic mass is 32.2. The van der Waals surface area contributed by atoms with Gasteiger partial charge in [-0.05, 0) is 41.8 Å². The quantitative estimate of drug-likeness (QED) is 0.800. The molecule has 1 aliphatic rings. The Labute approximate surface area is 163 Å². The molecule has 6 nitrogen and oxygen atoms in total. The third kappa shape index (κ3) is 5.29. The highest BCUT2D eigenvalue weighted by Gasteiger charge is 2.28. The zero-order valence-corrected chi connectivity index (χ0v) is 16.2. The van der Waals surface area contributed by atoms with E-state index in [2.05, 4.69) is 4.72 Å². The van der Waals surface area contributed by atoms with Crippen LogP contribution in [0.5, 0.6) is 5.75 Å². The molecule has 1 saturated heterocycles. The molecular weight excluding hydrogens is 383 g/mol. The van der Waals surface area contributed by atoms with E-state index in [4.69, 9.17) is 9.47 Å². The summed E-state index contributed by atoms with van der Waals surface area (Å²) in [6.07, 6.45) is 1.74. The van der Waals surface area contributed by atoms with Crippen LogP contribution in [-0.4, -0.2) is 40.5 Å². The molecule has 2 unspecified atom stereocenters. The summed E-state index contributed by atoms with van der Waals surface area (Å²) >= 11 is 0. The van der Waals surface area contributed by atoms with Gasteiger partial charge in [-0.2, -0.15) is 5.26 Å². The van der Waals surface area contributed by atoms with E-state index in [1.807, 2.05) is 6.07 Å². The van der Waals surface area contributed by atoms with Crippen molar-refractivity contribution in [2.75, 3.05) is 26.1 Å². The van der Waals surface area contributed by atoms with Crippen LogP contribution >= 0.6 is 0 Å². The molecule has 0 radical (unpaired) electrons. The third-order valence-corrected chi connectivity index (χ3v) is 5.30. The van der Waals surface area contributed by atoms with Crippen LogP contribution in [-0.2, 0) is 14.8 Å². The van der Waals surface area contributed by atoms with Crippen LogP contribution in [0.2, 0.25) is 0 Å². The molecule has 3 rings (SSSR count). The van der Waals surface area contributed by atoms with Gasteiger partial charge in [0.15, 0.2) is 0 Å². The van der Waals surface area contributed by atoms with E-state index in [-0.39, 0.29) is 17.5 Å². The van der Waals surface area contributed by atoms with Gasteiger partial charge in [-0.1, -0.05) is 18.2 Å². The molecule has 1 heterocycles. The fraction of sp³-hybridized carbons (Fsp3) is 0.350. The average molecular weight is 404 g/mol. The summed E-state index contributed by atoms with van der Waals surface area (Å²) in [6.45, 7) is 1.25. The summed E-state index contributed by atoms with van der Waals surface area (Å²) < 4.78 is 50.3. The number of hydrogen-bond acceptors (Lipinski definition) is 5. The SMILES string of the molecule is CS(=O)(=O)NC1CCOCC1COc1ccc(-c2ccc(F)cc2C#N)cc1. The van der Waals surface area contributed by atoms with Crippen LogP contribution in [0.3, 0.4) is 0 Å². The van der Waals surface area contributed by atoms with E-state index in [9.17, 15) is 18.1 Å². The van der Waals surface area contributed by atoms with Gasteiger partial charge in [-0.15, -0.1) is 0 Å². The van der Waals surface area contributed by atoms with Gasteiger partial charge in [-0.25, -0.2) is 17.5 Å². The van der Waals surface area contributed by atoms with Crippen LogP contribution in [0.25, 0.3) is 11.1 Å². The predicted octanol–water partition coefficient (Wildman–Crippen LogP) is 2.70. The zero-order valence-electron chi connectivity index (χ0n) is 15.4. The van der Waals surface area contributed by atoms with Gasteiger partial charge in [0.25, 0.3) is 0 Å². The molecule has 28 heavy (non-hydrogen) atoms. The van der Waals surface area contributed by atoms with Crippen LogP contribution < -0.4 is 9.46 Å². The topological polar surface area (TPSA) is 88.4 Å². The molecule has 1 aliphatic heterocycles. The first-order valence-corrected chi connectivity index (χ1v) is 10.7. The minimum Gasteiger partial charge on any atom is -0.493 e. The molecule has 0 amide bonds. The lowest BCUT2D eigenvalue weighted by Gasteiger charge is -2.31. The number of benzene rings is 2. The van der Waals surface area contributed by atoms with Crippen molar-refractivity contribution in [3.05, 3.63) is 53.8 Å². The molecule has 1 N–H and O–H groups in total. The van der Waals surface area contributed by atoms with Gasteiger partial charge in [0.05, 0.1) is 31.1 Å². The largest absolute Gasteiger partial charge is 0.493 e. The van der Waals surface area contributed by atoms with Gasteiger partial charge in [0.1, 0.15) is 11.6 Å². The number of halogens is 1. The van der Waals surface area contributed by atoms with E-state index < -0.39 is 15.8 Å². The van der Waals surface area contributed by atoms with Crippen LogP contribution in [0.15, 0.2) is 42.5 Å². The Morgan fingerprint density at radius 3 is 2.71 bits per heavy atom. The number of nitrogens with one attached hydrogen (secondary N) is 1. The second kappa shape index (κ2) is 8.69. The van der Waals surface area contributed by atoms with Crippen molar-refractivity contribution in [3.8, 4) is 22.9 Å². The first-order valence-electron chi connectivity index (χ1n) is 8.83. The van der Waals surface area contributed by atoms with Gasteiger partial charge < -0.3 is 9.47 Å². The standard InChI is InChI=1S/C20H21FN2O4S/c1-28(24,25)23-20-8-9-26-12-16(20)13-27-18-5-2-14(3-6-18)19-7-4-17(21)10-15(19)11-22/h2-7,10,16,20,23H,8-9,12-13H2,1H3. The van der Waals surface area contributed by atoms with E-state index >= 15 is 0 Å². The number of hydrogen-bond donors (Lipinski definition) is 1. The molecule has 0 aromatic heterocycles. The predicted molar refractivity (Wildman–Crippen MR) is 103 cm³/mol. The number of rotatable bonds is 6. The number of nitriles is 1. The Morgan fingerprint density at radius 1 is 1.29 bits per heavy atom. The zero-order chi connectivity index (χ0) is 20.1. The van der Waals surface area contributed by atoms with Crippen molar-refractivity contribution < 1.29 is 22.3 Å². The molecule has 0 spiro atoms. The van der Waals surface area contributed by atoms with Gasteiger partial charge in [-0.3, -0.25) is 0 Å². The van der Waals surface area contributed by atoms with Gasteiger partial charge in [0, 0.05) is 18.6 Å². The molecule has 2 aromatic rings. The molecule has 8 heteroatoms. The maximum absolute atomic E-state index is 13.3. The maximum atomic E-state index is 13.3. The Morgan fingerprint density at radius 2 is 2.04 bits per heavy atom. The Balaban J connectivity index is 1.67. The molecule has 0 saturated carbocycles. The van der Waals surface area contributed by atoms with Crippen molar-refractivity contribution in [3.63, 3.8) is 0 Å². The van der Waals surface area contributed by atoms with E-state index in [0.717, 1.165) is 11.8 Å². The first-order chi connectivity index (χ1) is 13.4. The van der Waals surface area contributed by atoms with Crippen molar-refractivity contribution in [2.24, 2.45) is 5.92 Å². The highest BCUT2D eigenvalue weighted by Crippen LogP contribution is 2.27. The summed E-state index contributed by atoms with van der Waals surface area (Å²) in [4.78, 5) is 0. The molecule has 0 aliphatic carbocycles. The molecular formula is C20H21FN2O4S. The molecule has 2 aromatic carbocycles. The Kier molecular flexibility index (Phi) is 6.29. The summed E-state index contributed by atoms with van der Waals surface area (Å²) in [7, 11) is -3.30. The highest BCUT2D eigenvalue weighted by molar-refractivity contribution is 7.88. The smallest absolute Gasteiger partial charge is 0.208 e. The first kappa shape index (κ1) is 20.3. The Bertz CT molecular complexity index is 971. The summed E-state index contributed by atoms with van der Waals surface area (Å²) in [6, 6.07) is 13.0. The van der Waals surface area contributed by atoms with Gasteiger partial charge >= 0.3 is 0 Å². The van der Waals surface area contributed by atoms with Crippen LogP contribution in [0.1, 0.15) is 12.0 Å². The minimum absolute atomic E-state index is 0.0922. The van der Waals surface area contributed by atoms with Crippen molar-refractivity contribution >= 4 is 10.0 Å². The van der Waals surface area contributed by atoms with Crippen molar-refractivity contribution in [1.82, 2.24) is 4.72 Å². The summed E-state index contributed by atoms with van der Waals surface area (Å²) in [5.41, 5.74) is 1.69. The Hall–Kier alpha value is -2.47. The summed E-state index contributed by atoms with van der Waals surface area (Å²) in [5.74, 6) is 0.0747. The van der Waals surface area contributed by atoms with Crippen molar-refractivity contribution in [1.29, 1.82) is 5.26 Å². The maximum Gasteiger partial charge on any atom is 0.208 e. The molecule has 1 fully saturated rings. The van der Waals surface area contributed by atoms with Crippen LogP contribution in [0.4, 0.5) is 4.39 Å². The second-order valence-electron chi connectivity index (χ2n) is 6.76. The second-order valence-corrected chi connectivity index (χ2v) is 8.54. The van der Waals surface area contributed by atoms with Crippen molar-refractivity contribution in [2.45, 2.75) is 12.5 Å². The fourth-order valence-electron chi connectivity index (χ4n) is 3.19. The molecule has 148 valence electrons. The summed E-state index contributed by atoms with van der Waals surface area (Å²) in [5, 5.41) is 9.19. The van der Waals surface area contributed by atoms with E-state index in [1.165, 1.54) is 12.1 Å². The number of sulfonamides is 1. The number of ether oxygens (including phenoxy) is 2. The molecule has 0 bridgehead atoms. The van der Waals surface area contributed by atoms with Crippen LogP contribution in [0, 0.1) is 23.1 Å². The number of nitrogens with zero attached hydrogens (tertiary/aromatic N) is 1. The molecule has 2 atom stereocenters. The lowest BCUT2D eigenvalue weighted by atomic mass is 9.97. The lowest BCUT2D eigenvalue weighted by molar-refractivity contribution is 0.0187. The minimum atomic E-state index is -3.30. The van der Waals surface area contributed by atoms with Gasteiger partial charge in [0.2, 0.25) is 10.0 Å². The average Bonchev–Trinajstić information content (AvgIpc) is 2.66. The fourth-order valence-corrected chi connectivity index (χ4v) is 4.05. The van der Waals surface area contributed by atoms with E-state index in [0.29, 0.717) is 37.6 Å².